The Morgan fingerprint density at radius 3 is 3.10 bits per heavy atom. The summed E-state index contributed by atoms with van der Waals surface area (Å²) in [6.45, 7) is 2.82. The number of fused-ring (bicyclic) bond motifs is 1. The van der Waals surface area contributed by atoms with Crippen LogP contribution in [0.1, 0.15) is 35.0 Å². The van der Waals surface area contributed by atoms with Crippen LogP contribution in [-0.4, -0.2) is 17.6 Å². The smallest absolute Gasteiger partial charge is 0.122 e. The van der Waals surface area contributed by atoms with Crippen LogP contribution in [0.15, 0.2) is 29.6 Å². The summed E-state index contributed by atoms with van der Waals surface area (Å²) < 4.78 is 5.71. The van der Waals surface area contributed by atoms with Crippen molar-refractivity contribution >= 4 is 11.3 Å². The van der Waals surface area contributed by atoms with Gasteiger partial charge in [-0.1, -0.05) is 18.2 Å². The van der Waals surface area contributed by atoms with Crippen LogP contribution in [0.2, 0.25) is 0 Å². The molecule has 3 rings (SSSR count). The zero-order chi connectivity index (χ0) is 13.9. The van der Waals surface area contributed by atoms with Crippen LogP contribution in [-0.2, 0) is 6.42 Å². The van der Waals surface area contributed by atoms with Crippen LogP contribution in [0.5, 0.6) is 5.75 Å². The molecule has 2 atom stereocenters. The molecule has 0 saturated heterocycles. The van der Waals surface area contributed by atoms with Gasteiger partial charge in [-0.3, -0.25) is 0 Å². The van der Waals surface area contributed by atoms with Crippen molar-refractivity contribution in [3.8, 4) is 5.75 Å². The molecule has 2 aromatic rings. The Balaban J connectivity index is 1.66. The minimum atomic E-state index is 0.164. The van der Waals surface area contributed by atoms with E-state index in [0.717, 1.165) is 42.3 Å². The van der Waals surface area contributed by atoms with Crippen LogP contribution < -0.4 is 10.5 Å². The van der Waals surface area contributed by atoms with Crippen molar-refractivity contribution in [1.82, 2.24) is 4.98 Å². The van der Waals surface area contributed by atoms with E-state index in [1.54, 1.807) is 11.3 Å². The second-order valence-electron chi connectivity index (χ2n) is 5.45. The molecule has 0 radical (unpaired) electrons. The molecule has 4 heteroatoms. The largest absolute Gasteiger partial charge is 0.493 e. The van der Waals surface area contributed by atoms with E-state index in [1.807, 2.05) is 13.0 Å². The third-order valence-electron chi connectivity index (χ3n) is 3.77. The number of hydrogen-bond donors (Lipinski definition) is 1. The predicted octanol–water partition coefficient (Wildman–Crippen LogP) is 3.28. The molecular weight excluding hydrogens is 268 g/mol. The van der Waals surface area contributed by atoms with E-state index >= 15 is 0 Å². The molecular formula is C16H20N2OS. The van der Waals surface area contributed by atoms with Crippen LogP contribution in [0.3, 0.4) is 0 Å². The van der Waals surface area contributed by atoms with Crippen molar-refractivity contribution in [2.45, 2.75) is 38.1 Å². The van der Waals surface area contributed by atoms with Gasteiger partial charge in [-0.2, -0.15) is 0 Å². The van der Waals surface area contributed by atoms with Crippen molar-refractivity contribution in [3.05, 3.63) is 45.9 Å². The van der Waals surface area contributed by atoms with Gasteiger partial charge in [0.25, 0.3) is 0 Å². The maximum Gasteiger partial charge on any atom is 0.122 e. The Labute approximate surface area is 123 Å². The fourth-order valence-corrected chi connectivity index (χ4v) is 3.70. The lowest BCUT2D eigenvalue weighted by molar-refractivity contribution is 0.259. The topological polar surface area (TPSA) is 48.1 Å². The molecule has 0 aliphatic carbocycles. The molecule has 20 heavy (non-hydrogen) atoms. The summed E-state index contributed by atoms with van der Waals surface area (Å²) in [4.78, 5) is 4.50. The van der Waals surface area contributed by atoms with Crippen molar-refractivity contribution < 1.29 is 4.74 Å². The molecule has 0 bridgehead atoms. The maximum atomic E-state index is 6.33. The molecule has 2 N–H and O–H groups in total. The van der Waals surface area contributed by atoms with Gasteiger partial charge in [0, 0.05) is 23.5 Å². The third kappa shape index (κ3) is 3.02. The Hall–Kier alpha value is -1.39. The molecule has 1 aromatic heterocycles. The van der Waals surface area contributed by atoms with Crippen molar-refractivity contribution in [1.29, 1.82) is 0 Å². The molecule has 0 fully saturated rings. The highest BCUT2D eigenvalue weighted by atomic mass is 32.1. The molecule has 0 amide bonds. The number of thiazole rings is 1. The Morgan fingerprint density at radius 2 is 2.30 bits per heavy atom. The third-order valence-corrected chi connectivity index (χ3v) is 4.76. The Bertz CT molecular complexity index is 581. The van der Waals surface area contributed by atoms with Gasteiger partial charge in [0.2, 0.25) is 0 Å². The van der Waals surface area contributed by atoms with E-state index in [1.165, 1.54) is 5.56 Å². The van der Waals surface area contributed by atoms with E-state index < -0.39 is 0 Å². The van der Waals surface area contributed by atoms with Crippen LogP contribution in [0.4, 0.5) is 0 Å². The number of ether oxygens (including phenoxy) is 1. The summed E-state index contributed by atoms with van der Waals surface area (Å²) in [6, 6.07) is 8.49. The molecule has 1 aliphatic rings. The van der Waals surface area contributed by atoms with Gasteiger partial charge in [-0.15, -0.1) is 11.3 Å². The zero-order valence-corrected chi connectivity index (χ0v) is 12.5. The Kier molecular flexibility index (Phi) is 4.03. The van der Waals surface area contributed by atoms with Gasteiger partial charge < -0.3 is 10.5 Å². The summed E-state index contributed by atoms with van der Waals surface area (Å²) in [7, 11) is 0. The fraction of sp³-hybridized carbons (Fsp3) is 0.438. The number of para-hydroxylation sites is 1. The minimum absolute atomic E-state index is 0.164. The molecule has 106 valence electrons. The number of benzene rings is 1. The molecule has 2 heterocycles. The number of nitrogens with zero attached hydrogens (tertiary/aromatic N) is 1. The summed E-state index contributed by atoms with van der Waals surface area (Å²) in [6.07, 6.45) is 2.93. The standard InChI is InChI=1S/C16H20N2OS/c1-11-10-20-16(18-11)9-13(17)8-12-6-7-19-15-5-3-2-4-14(12)15/h2-5,10,12-13H,6-9,17H2,1H3. The first-order valence-electron chi connectivity index (χ1n) is 7.10. The van der Waals surface area contributed by atoms with Crippen molar-refractivity contribution in [3.63, 3.8) is 0 Å². The van der Waals surface area contributed by atoms with Crippen LogP contribution in [0.25, 0.3) is 0 Å². The van der Waals surface area contributed by atoms with Gasteiger partial charge in [-0.25, -0.2) is 4.98 Å². The second-order valence-corrected chi connectivity index (χ2v) is 6.40. The molecule has 1 aliphatic heterocycles. The van der Waals surface area contributed by atoms with Gasteiger partial charge in [0.1, 0.15) is 5.75 Å². The highest BCUT2D eigenvalue weighted by Crippen LogP contribution is 2.36. The van der Waals surface area contributed by atoms with Gasteiger partial charge >= 0.3 is 0 Å². The van der Waals surface area contributed by atoms with E-state index in [9.17, 15) is 0 Å². The zero-order valence-electron chi connectivity index (χ0n) is 11.7. The number of aryl methyl sites for hydroxylation is 1. The van der Waals surface area contributed by atoms with Gasteiger partial charge in [0.05, 0.1) is 11.6 Å². The quantitative estimate of drug-likeness (QED) is 0.939. The average Bonchev–Trinajstić information content (AvgIpc) is 2.84. The molecule has 2 unspecified atom stereocenters. The molecule has 0 spiro atoms. The summed E-state index contributed by atoms with van der Waals surface area (Å²) in [5.74, 6) is 1.54. The van der Waals surface area contributed by atoms with E-state index in [2.05, 4.69) is 28.6 Å². The van der Waals surface area contributed by atoms with E-state index in [0.29, 0.717) is 5.92 Å². The summed E-state index contributed by atoms with van der Waals surface area (Å²) in [5.41, 5.74) is 8.73. The number of hydrogen-bond acceptors (Lipinski definition) is 4. The van der Waals surface area contributed by atoms with Gasteiger partial charge in [0.15, 0.2) is 0 Å². The number of aromatic nitrogens is 1. The first kappa shape index (κ1) is 13.6. The van der Waals surface area contributed by atoms with E-state index in [4.69, 9.17) is 10.5 Å². The highest BCUT2D eigenvalue weighted by molar-refractivity contribution is 7.09. The lowest BCUT2D eigenvalue weighted by Gasteiger charge is -2.27. The maximum absolute atomic E-state index is 6.33. The van der Waals surface area contributed by atoms with Gasteiger partial charge in [-0.05, 0) is 37.3 Å². The van der Waals surface area contributed by atoms with Crippen molar-refractivity contribution in [2.24, 2.45) is 5.73 Å². The molecule has 0 saturated carbocycles. The average molecular weight is 288 g/mol. The normalized spacial score (nSPS) is 19.2. The van der Waals surface area contributed by atoms with E-state index in [-0.39, 0.29) is 6.04 Å². The predicted molar refractivity (Wildman–Crippen MR) is 82.4 cm³/mol. The summed E-state index contributed by atoms with van der Waals surface area (Å²) >= 11 is 1.71. The summed E-state index contributed by atoms with van der Waals surface area (Å²) in [5, 5.41) is 3.24. The minimum Gasteiger partial charge on any atom is -0.493 e. The monoisotopic (exact) mass is 288 g/mol. The number of nitrogens with two attached hydrogens (primary N) is 1. The van der Waals surface area contributed by atoms with Crippen LogP contribution in [0, 0.1) is 6.92 Å². The van der Waals surface area contributed by atoms with Crippen molar-refractivity contribution in [2.75, 3.05) is 6.61 Å². The molecule has 3 nitrogen and oxygen atoms in total. The number of rotatable bonds is 4. The SMILES string of the molecule is Cc1csc(CC(N)CC2CCOc3ccccc32)n1. The van der Waals surface area contributed by atoms with Crippen LogP contribution >= 0.6 is 11.3 Å². The lowest BCUT2D eigenvalue weighted by Crippen LogP contribution is -2.27. The first-order valence-corrected chi connectivity index (χ1v) is 7.98. The molecule has 1 aromatic carbocycles. The fourth-order valence-electron chi connectivity index (χ4n) is 2.83. The lowest BCUT2D eigenvalue weighted by atomic mass is 9.87. The second kappa shape index (κ2) is 5.94. The first-order chi connectivity index (χ1) is 9.72. The highest BCUT2D eigenvalue weighted by Gasteiger charge is 2.23. The Morgan fingerprint density at radius 1 is 1.45 bits per heavy atom.